The number of hydrogen-bond donors (Lipinski definition) is 0. The van der Waals surface area contributed by atoms with Gasteiger partial charge in [-0.05, 0) is 49.2 Å². The maximum atomic E-state index is 8.49. The summed E-state index contributed by atoms with van der Waals surface area (Å²) in [5.74, 6) is 2.03. The van der Waals surface area contributed by atoms with Gasteiger partial charge in [0.1, 0.15) is 16.8 Å². The molecule has 0 atom stereocenters. The van der Waals surface area contributed by atoms with Crippen molar-refractivity contribution in [1.29, 1.82) is 0 Å². The van der Waals surface area contributed by atoms with Crippen molar-refractivity contribution in [3.8, 4) is 5.75 Å². The lowest BCUT2D eigenvalue weighted by Crippen LogP contribution is -2.68. The van der Waals surface area contributed by atoms with Crippen molar-refractivity contribution in [2.75, 3.05) is 26.1 Å². The van der Waals surface area contributed by atoms with Crippen LogP contribution in [0, 0.1) is 24.1 Å². The zero-order valence-corrected chi connectivity index (χ0v) is 17.6. The third-order valence-corrected chi connectivity index (χ3v) is 4.78. The molecule has 0 aliphatic rings. The molecule has 3 heterocycles. The Hall–Kier alpha value is -2.62. The van der Waals surface area contributed by atoms with E-state index in [0.29, 0.717) is 0 Å². The molecule has 0 aliphatic carbocycles. The second kappa shape index (κ2) is 7.66. The summed E-state index contributed by atoms with van der Waals surface area (Å²) in [4.78, 5) is 2.15. The first-order valence-corrected chi connectivity index (χ1v) is 9.98. The summed E-state index contributed by atoms with van der Waals surface area (Å²) in [6, 6.07) is 12.9. The number of imidazole rings is 1. The molecule has 0 aliphatic heterocycles. The van der Waals surface area contributed by atoms with Crippen molar-refractivity contribution >= 4 is 27.9 Å². The van der Waals surface area contributed by atoms with E-state index in [-0.39, 0.29) is 0 Å². The minimum Gasteiger partial charge on any atom is -0.496 e. The van der Waals surface area contributed by atoms with E-state index < -0.39 is 10.2 Å². The van der Waals surface area contributed by atoms with Crippen LogP contribution in [-0.4, -0.2) is 25.6 Å². The van der Waals surface area contributed by atoms with Gasteiger partial charge in [0, 0.05) is 6.07 Å². The molecule has 4 aromatic rings. The highest BCUT2D eigenvalue weighted by molar-refractivity contribution is 5.94. The number of hydrogen-bond acceptors (Lipinski definition) is 6. The smallest absolute Gasteiger partial charge is 0.369 e. The molecule has 0 saturated heterocycles. The fraction of sp³-hybridized carbons (Fsp3) is 0.250. The monoisotopic (exact) mass is 419 g/mol. The zero-order valence-electron chi connectivity index (χ0n) is 16.8. The second-order valence-electron chi connectivity index (χ2n) is 6.92. The molecule has 1 aromatic carbocycles. The highest BCUT2D eigenvalue weighted by atomic mass is 35.7. The molecule has 0 amide bonds. The number of rotatable bonds is 2. The summed E-state index contributed by atoms with van der Waals surface area (Å²) in [6.07, 6.45) is 2.11. The molecule has 0 N–H and O–H groups in total. The first-order valence-electron chi connectivity index (χ1n) is 8.74. The molecule has 3 aromatic heterocycles. The third kappa shape index (κ3) is 4.07. The number of halogens is 1. The zero-order chi connectivity index (χ0) is 21.5. The molecule has 29 heavy (non-hydrogen) atoms. The standard InChI is InChI=1S/C20H22N3O.ClHO4/c1-13-10-15-17(11-14(13)2)23-18(12-19(15)24-5)16-8-6-7-9-22(16)20(23)21(3)4;2-1(3,4)5/h6-12H,1-5H3;(H,2,3,4,5)/q+1;/p-1. The van der Waals surface area contributed by atoms with Crippen molar-refractivity contribution in [1.82, 2.24) is 4.40 Å². The lowest BCUT2D eigenvalue weighted by molar-refractivity contribution is -2.00. The van der Waals surface area contributed by atoms with Crippen LogP contribution >= 0.6 is 0 Å². The van der Waals surface area contributed by atoms with E-state index in [1.807, 2.05) is 0 Å². The first kappa shape index (κ1) is 21.1. The Balaban J connectivity index is 0.000000431. The average Bonchev–Trinajstić information content (AvgIpc) is 2.95. The van der Waals surface area contributed by atoms with Gasteiger partial charge in [0.15, 0.2) is 5.52 Å². The van der Waals surface area contributed by atoms with E-state index in [2.05, 4.69) is 84.2 Å². The normalized spacial score (nSPS) is 11.6. The molecular formula is C20H22ClN3O5. The minimum absolute atomic E-state index is 0.912. The first-order chi connectivity index (χ1) is 13.5. The van der Waals surface area contributed by atoms with Crippen molar-refractivity contribution < 1.29 is 38.0 Å². The van der Waals surface area contributed by atoms with Gasteiger partial charge in [0.2, 0.25) is 0 Å². The van der Waals surface area contributed by atoms with Crippen LogP contribution in [-0.2, 0) is 0 Å². The molecule has 0 saturated carbocycles. The molecule has 0 radical (unpaired) electrons. The number of benzene rings is 1. The third-order valence-electron chi connectivity index (χ3n) is 4.78. The predicted octanol–water partition coefficient (Wildman–Crippen LogP) is -1.23. The predicted molar refractivity (Wildman–Crippen MR) is 98.4 cm³/mol. The van der Waals surface area contributed by atoms with Gasteiger partial charge < -0.3 is 4.74 Å². The van der Waals surface area contributed by atoms with Crippen molar-refractivity contribution in [3.63, 3.8) is 0 Å². The van der Waals surface area contributed by atoms with E-state index in [1.54, 1.807) is 7.11 Å². The van der Waals surface area contributed by atoms with Gasteiger partial charge in [0.05, 0.1) is 32.8 Å². The molecule has 0 spiro atoms. The fourth-order valence-electron chi connectivity index (χ4n) is 3.50. The Morgan fingerprint density at radius 1 is 0.966 bits per heavy atom. The Labute approximate surface area is 170 Å². The van der Waals surface area contributed by atoms with Crippen molar-refractivity contribution in [3.05, 3.63) is 53.7 Å². The summed E-state index contributed by atoms with van der Waals surface area (Å²) < 4.78 is 44.2. The van der Waals surface area contributed by atoms with Crippen LogP contribution in [0.25, 0.3) is 21.9 Å². The Bertz CT molecular complexity index is 1190. The van der Waals surface area contributed by atoms with Crippen molar-refractivity contribution in [2.24, 2.45) is 0 Å². The number of anilines is 1. The Morgan fingerprint density at radius 2 is 1.59 bits per heavy atom. The quantitative estimate of drug-likeness (QED) is 0.376. The maximum absolute atomic E-state index is 8.49. The van der Waals surface area contributed by atoms with Gasteiger partial charge in [-0.2, -0.15) is 4.40 Å². The van der Waals surface area contributed by atoms with E-state index in [4.69, 9.17) is 23.4 Å². The lowest BCUT2D eigenvalue weighted by Gasteiger charge is -2.17. The highest BCUT2D eigenvalue weighted by Crippen LogP contribution is 2.33. The highest BCUT2D eigenvalue weighted by Gasteiger charge is 2.24. The molecule has 0 bridgehead atoms. The topological polar surface area (TPSA) is 113 Å². The van der Waals surface area contributed by atoms with Crippen LogP contribution < -0.4 is 32.7 Å². The number of methoxy groups -OCH3 is 1. The molecule has 154 valence electrons. The van der Waals surface area contributed by atoms with Gasteiger partial charge in [-0.25, -0.2) is 23.0 Å². The molecule has 8 nitrogen and oxygen atoms in total. The van der Waals surface area contributed by atoms with Crippen LogP contribution in [0.3, 0.4) is 0 Å². The fourth-order valence-corrected chi connectivity index (χ4v) is 3.50. The number of aromatic nitrogens is 2. The van der Waals surface area contributed by atoms with Crippen LogP contribution in [0.1, 0.15) is 11.1 Å². The van der Waals surface area contributed by atoms with Gasteiger partial charge >= 0.3 is 5.95 Å². The van der Waals surface area contributed by atoms with E-state index in [0.717, 1.165) is 22.6 Å². The summed E-state index contributed by atoms with van der Waals surface area (Å²) in [6.45, 7) is 4.30. The van der Waals surface area contributed by atoms with Gasteiger partial charge in [-0.3, -0.25) is 4.90 Å². The summed E-state index contributed by atoms with van der Waals surface area (Å²) in [5.41, 5.74) is 6.03. The number of aryl methyl sites for hydroxylation is 2. The Kier molecular flexibility index (Phi) is 5.57. The van der Waals surface area contributed by atoms with E-state index in [9.17, 15) is 0 Å². The molecular weight excluding hydrogens is 398 g/mol. The van der Waals surface area contributed by atoms with E-state index >= 15 is 0 Å². The molecule has 9 heteroatoms. The number of fused-ring (bicyclic) bond motifs is 5. The summed E-state index contributed by atoms with van der Waals surface area (Å²) in [5, 5.41) is 1.14. The lowest BCUT2D eigenvalue weighted by atomic mass is 10.1. The number of pyridine rings is 2. The summed E-state index contributed by atoms with van der Waals surface area (Å²) >= 11 is 0. The Morgan fingerprint density at radius 3 is 2.17 bits per heavy atom. The van der Waals surface area contributed by atoms with Crippen LogP contribution in [0.5, 0.6) is 5.75 Å². The molecule has 4 rings (SSSR count). The number of ether oxygens (including phenoxy) is 1. The minimum atomic E-state index is -4.94. The van der Waals surface area contributed by atoms with Crippen LogP contribution in [0.2, 0.25) is 0 Å². The molecule has 0 fully saturated rings. The maximum Gasteiger partial charge on any atom is 0.369 e. The van der Waals surface area contributed by atoms with Gasteiger partial charge in [-0.1, -0.05) is 6.07 Å². The summed E-state index contributed by atoms with van der Waals surface area (Å²) in [7, 11) is 0.961. The molecule has 0 unspecified atom stereocenters. The second-order valence-corrected chi connectivity index (χ2v) is 7.67. The number of nitrogens with zero attached hydrogens (tertiary/aromatic N) is 3. The average molecular weight is 420 g/mol. The van der Waals surface area contributed by atoms with Crippen LogP contribution in [0.15, 0.2) is 42.6 Å². The SMILES string of the molecule is COc1cc2c3cccc[n+]3c(N(C)C)n2c2cc(C)c(C)cc12.[O-][Cl+3]([O-])([O-])[O-]. The van der Waals surface area contributed by atoms with Gasteiger partial charge in [-0.15, -0.1) is 10.2 Å². The van der Waals surface area contributed by atoms with Gasteiger partial charge in [0.25, 0.3) is 0 Å². The van der Waals surface area contributed by atoms with Crippen LogP contribution in [0.4, 0.5) is 5.95 Å². The van der Waals surface area contributed by atoms with E-state index in [1.165, 1.54) is 22.2 Å². The largest absolute Gasteiger partial charge is 0.496 e. The van der Waals surface area contributed by atoms with Crippen molar-refractivity contribution in [2.45, 2.75) is 13.8 Å².